The van der Waals surface area contributed by atoms with Gasteiger partial charge >= 0.3 is 0 Å². The number of aryl methyl sites for hydroxylation is 1. The summed E-state index contributed by atoms with van der Waals surface area (Å²) in [6, 6.07) is 4.94. The topological polar surface area (TPSA) is 131 Å². The third-order valence-corrected chi connectivity index (χ3v) is 3.91. The van der Waals surface area contributed by atoms with Gasteiger partial charge in [-0.25, -0.2) is 4.98 Å². The van der Waals surface area contributed by atoms with Gasteiger partial charge in [0.1, 0.15) is 11.7 Å². The number of nitrogens with two attached hydrogens (primary N) is 1. The fourth-order valence-electron chi connectivity index (χ4n) is 2.76. The Kier molecular flexibility index (Phi) is 3.44. The van der Waals surface area contributed by atoms with E-state index in [1.807, 2.05) is 0 Å². The number of hydrogen-bond acceptors (Lipinski definition) is 6. The molecular weight excluding hydrogens is 298 g/mol. The SMILES string of the molecule is Cc1nc2cccc(N)c2c(=O)n1C(=N)C1CCC(=O)NC1=O. The number of amides is 2. The molecular formula is C15H15N5O3. The van der Waals surface area contributed by atoms with E-state index in [0.717, 1.165) is 4.57 Å². The van der Waals surface area contributed by atoms with Crippen molar-refractivity contribution >= 4 is 34.2 Å². The Morgan fingerprint density at radius 1 is 1.39 bits per heavy atom. The second-order valence-corrected chi connectivity index (χ2v) is 5.43. The Bertz CT molecular complexity index is 915. The number of nitrogen functional groups attached to an aromatic ring is 1. The zero-order chi connectivity index (χ0) is 16.7. The summed E-state index contributed by atoms with van der Waals surface area (Å²) in [7, 11) is 0. The predicted octanol–water partition coefficient (Wildman–Crippen LogP) is 0.165. The van der Waals surface area contributed by atoms with Gasteiger partial charge < -0.3 is 5.73 Å². The molecule has 8 nitrogen and oxygen atoms in total. The summed E-state index contributed by atoms with van der Waals surface area (Å²) in [6.07, 6.45) is 0.327. The van der Waals surface area contributed by atoms with Crippen LogP contribution in [0.1, 0.15) is 18.7 Å². The van der Waals surface area contributed by atoms with Crippen molar-refractivity contribution in [3.05, 3.63) is 34.4 Å². The molecule has 0 bridgehead atoms. The molecule has 0 spiro atoms. The van der Waals surface area contributed by atoms with Crippen molar-refractivity contribution in [3.63, 3.8) is 0 Å². The average Bonchev–Trinajstić information content (AvgIpc) is 2.46. The first-order valence-electron chi connectivity index (χ1n) is 7.10. The smallest absolute Gasteiger partial charge is 0.269 e. The first-order chi connectivity index (χ1) is 10.9. The van der Waals surface area contributed by atoms with Crippen LogP contribution < -0.4 is 16.6 Å². The second-order valence-electron chi connectivity index (χ2n) is 5.43. The Morgan fingerprint density at radius 3 is 2.83 bits per heavy atom. The maximum atomic E-state index is 12.7. The minimum Gasteiger partial charge on any atom is -0.398 e. The number of fused-ring (bicyclic) bond motifs is 1. The number of hydrogen-bond donors (Lipinski definition) is 3. The molecule has 1 aliphatic heterocycles. The molecule has 1 aromatic carbocycles. The lowest BCUT2D eigenvalue weighted by molar-refractivity contribution is -0.134. The molecule has 1 saturated heterocycles. The number of benzene rings is 1. The van der Waals surface area contributed by atoms with E-state index < -0.39 is 17.4 Å². The number of nitrogens with one attached hydrogen (secondary N) is 2. The summed E-state index contributed by atoms with van der Waals surface area (Å²) in [5, 5.41) is 10.7. The molecule has 1 unspecified atom stereocenters. The molecule has 1 atom stereocenters. The van der Waals surface area contributed by atoms with Gasteiger partial charge in [0, 0.05) is 12.1 Å². The number of carbonyl (C=O) groups is 2. The highest BCUT2D eigenvalue weighted by molar-refractivity contribution is 6.10. The van der Waals surface area contributed by atoms with Gasteiger partial charge in [0.2, 0.25) is 11.8 Å². The van der Waals surface area contributed by atoms with E-state index in [1.165, 1.54) is 0 Å². The molecule has 0 saturated carbocycles. The zero-order valence-electron chi connectivity index (χ0n) is 12.4. The van der Waals surface area contributed by atoms with Gasteiger partial charge in [0.05, 0.1) is 16.8 Å². The van der Waals surface area contributed by atoms with Crippen molar-refractivity contribution in [1.82, 2.24) is 14.9 Å². The fraction of sp³-hybridized carbons (Fsp3) is 0.267. The molecule has 2 aromatic rings. The number of imide groups is 1. The number of aromatic nitrogens is 2. The molecule has 8 heteroatoms. The minimum atomic E-state index is -0.867. The molecule has 1 aromatic heterocycles. The minimum absolute atomic E-state index is 0.135. The van der Waals surface area contributed by atoms with Crippen molar-refractivity contribution in [3.8, 4) is 0 Å². The van der Waals surface area contributed by atoms with Gasteiger partial charge in [-0.3, -0.25) is 29.7 Å². The highest BCUT2D eigenvalue weighted by Crippen LogP contribution is 2.18. The number of anilines is 1. The van der Waals surface area contributed by atoms with Gasteiger partial charge in [0.25, 0.3) is 5.56 Å². The number of nitrogens with zero attached hydrogens (tertiary/aromatic N) is 2. The summed E-state index contributed by atoms with van der Waals surface area (Å²) in [5.74, 6) is -1.71. The molecule has 2 amide bonds. The van der Waals surface area contributed by atoms with Crippen molar-refractivity contribution < 1.29 is 9.59 Å². The van der Waals surface area contributed by atoms with Crippen LogP contribution in [0.5, 0.6) is 0 Å². The summed E-state index contributed by atoms with van der Waals surface area (Å²) < 4.78 is 1.08. The van der Waals surface area contributed by atoms with E-state index in [0.29, 0.717) is 11.3 Å². The lowest BCUT2D eigenvalue weighted by atomic mass is 9.96. The molecule has 4 N–H and O–H groups in total. The molecule has 0 radical (unpaired) electrons. The lowest BCUT2D eigenvalue weighted by Crippen LogP contribution is -2.47. The Hall–Kier alpha value is -3.03. The zero-order valence-corrected chi connectivity index (χ0v) is 12.4. The summed E-state index contributed by atoms with van der Waals surface area (Å²) in [4.78, 5) is 40.2. The third kappa shape index (κ3) is 2.37. The molecule has 0 aliphatic carbocycles. The summed E-state index contributed by atoms with van der Waals surface area (Å²) in [5.41, 5.74) is 6.08. The van der Waals surface area contributed by atoms with Crippen molar-refractivity contribution in [2.24, 2.45) is 5.92 Å². The van der Waals surface area contributed by atoms with Crippen LogP contribution >= 0.6 is 0 Å². The third-order valence-electron chi connectivity index (χ3n) is 3.91. The van der Waals surface area contributed by atoms with Crippen LogP contribution in [0, 0.1) is 18.3 Å². The molecule has 1 fully saturated rings. The van der Waals surface area contributed by atoms with Crippen LogP contribution in [0.3, 0.4) is 0 Å². The lowest BCUT2D eigenvalue weighted by Gasteiger charge is -2.23. The van der Waals surface area contributed by atoms with Crippen molar-refractivity contribution in [1.29, 1.82) is 5.41 Å². The van der Waals surface area contributed by atoms with E-state index in [4.69, 9.17) is 11.1 Å². The van der Waals surface area contributed by atoms with Gasteiger partial charge in [0.15, 0.2) is 0 Å². The number of piperidine rings is 1. The van der Waals surface area contributed by atoms with Crippen LogP contribution in [0.4, 0.5) is 5.69 Å². The van der Waals surface area contributed by atoms with E-state index in [9.17, 15) is 14.4 Å². The highest BCUT2D eigenvalue weighted by Gasteiger charge is 2.32. The number of carbonyl (C=O) groups excluding carboxylic acids is 2. The van der Waals surface area contributed by atoms with Crippen LogP contribution in [0.2, 0.25) is 0 Å². The predicted molar refractivity (Wildman–Crippen MR) is 84.2 cm³/mol. The van der Waals surface area contributed by atoms with E-state index in [2.05, 4.69) is 10.3 Å². The van der Waals surface area contributed by atoms with Gasteiger partial charge in [-0.1, -0.05) is 6.07 Å². The molecule has 1 aliphatic rings. The van der Waals surface area contributed by atoms with Crippen molar-refractivity contribution in [2.75, 3.05) is 5.73 Å². The number of rotatable bonds is 1. The quantitative estimate of drug-likeness (QED) is 0.299. The Balaban J connectivity index is 2.15. The largest absolute Gasteiger partial charge is 0.398 e. The van der Waals surface area contributed by atoms with Crippen LogP contribution in [-0.4, -0.2) is 27.2 Å². The van der Waals surface area contributed by atoms with Crippen LogP contribution in [0.25, 0.3) is 10.9 Å². The van der Waals surface area contributed by atoms with E-state index >= 15 is 0 Å². The van der Waals surface area contributed by atoms with Gasteiger partial charge in [-0.2, -0.15) is 0 Å². The molecule has 2 heterocycles. The van der Waals surface area contributed by atoms with E-state index in [-0.39, 0.29) is 35.7 Å². The molecule has 23 heavy (non-hydrogen) atoms. The highest BCUT2D eigenvalue weighted by atomic mass is 16.2. The first kappa shape index (κ1) is 14.9. The van der Waals surface area contributed by atoms with Crippen molar-refractivity contribution in [2.45, 2.75) is 19.8 Å². The van der Waals surface area contributed by atoms with Gasteiger partial charge in [-0.05, 0) is 25.5 Å². The van der Waals surface area contributed by atoms with Crippen LogP contribution in [0.15, 0.2) is 23.0 Å². The molecule has 118 valence electrons. The molecule has 3 rings (SSSR count). The average molecular weight is 313 g/mol. The van der Waals surface area contributed by atoms with E-state index in [1.54, 1.807) is 25.1 Å². The maximum Gasteiger partial charge on any atom is 0.269 e. The van der Waals surface area contributed by atoms with Gasteiger partial charge in [-0.15, -0.1) is 0 Å². The van der Waals surface area contributed by atoms with Crippen LogP contribution in [-0.2, 0) is 9.59 Å². The standard InChI is InChI=1S/C15H15N5O3/c1-7-18-10-4-2-3-9(16)12(10)15(23)20(7)13(17)8-5-6-11(21)19-14(8)22/h2-4,8,17H,5-6,16H2,1H3,(H,19,21,22). The fourth-order valence-corrected chi connectivity index (χ4v) is 2.76. The first-order valence-corrected chi connectivity index (χ1v) is 7.10. The monoisotopic (exact) mass is 313 g/mol. The summed E-state index contributed by atoms with van der Waals surface area (Å²) in [6.45, 7) is 1.59. The summed E-state index contributed by atoms with van der Waals surface area (Å²) >= 11 is 0. The normalized spacial score (nSPS) is 18.0. The Labute approximate surface area is 130 Å². The second kappa shape index (κ2) is 5.31. The Morgan fingerprint density at radius 2 is 2.13 bits per heavy atom. The maximum absolute atomic E-state index is 12.7.